The Kier molecular flexibility index (Phi) is 2.10. The lowest BCUT2D eigenvalue weighted by molar-refractivity contribution is 0.0954. The molecule has 1 saturated heterocycles. The van der Waals surface area contributed by atoms with E-state index in [9.17, 15) is 4.79 Å². The van der Waals surface area contributed by atoms with Crippen LogP contribution >= 0.6 is 11.3 Å². The molecule has 12 heavy (non-hydrogen) atoms. The number of amides is 1. The van der Waals surface area contributed by atoms with Crippen molar-refractivity contribution >= 4 is 17.2 Å². The first-order valence-electron chi connectivity index (χ1n) is 3.79. The highest BCUT2D eigenvalue weighted by Crippen LogP contribution is 2.10. The molecule has 64 valence electrons. The van der Waals surface area contributed by atoms with Crippen LogP contribution in [0.15, 0.2) is 17.5 Å². The van der Waals surface area contributed by atoms with Crippen molar-refractivity contribution in [1.82, 2.24) is 5.32 Å². The van der Waals surface area contributed by atoms with Gasteiger partial charge in [-0.2, -0.15) is 0 Å². The quantitative estimate of drug-likeness (QED) is 0.707. The topological polar surface area (TPSA) is 41.6 Å². The lowest BCUT2D eigenvalue weighted by Gasteiger charge is -1.98. The number of nitrogens with one attached hydrogen (secondary N) is 1. The van der Waals surface area contributed by atoms with Crippen molar-refractivity contribution in [3.8, 4) is 0 Å². The van der Waals surface area contributed by atoms with Crippen LogP contribution in [0.4, 0.5) is 0 Å². The van der Waals surface area contributed by atoms with Crippen LogP contribution in [0.3, 0.4) is 0 Å². The fourth-order valence-electron chi connectivity index (χ4n) is 0.887. The Balaban J connectivity index is 1.83. The van der Waals surface area contributed by atoms with Gasteiger partial charge in [-0.05, 0) is 11.4 Å². The summed E-state index contributed by atoms with van der Waals surface area (Å²) in [4.78, 5) is 12.0. The molecule has 0 bridgehead atoms. The van der Waals surface area contributed by atoms with Crippen molar-refractivity contribution in [3.63, 3.8) is 0 Å². The third kappa shape index (κ3) is 1.84. The maximum absolute atomic E-state index is 11.3. The minimum atomic E-state index is 0.000463. The van der Waals surface area contributed by atoms with E-state index in [0.29, 0.717) is 6.54 Å². The molecule has 0 aliphatic carbocycles. The number of rotatable bonds is 3. The molecule has 0 saturated carbocycles. The molecule has 4 heteroatoms. The molecule has 1 aromatic rings. The van der Waals surface area contributed by atoms with Crippen LogP contribution in [0.1, 0.15) is 9.67 Å². The van der Waals surface area contributed by atoms with Crippen LogP contribution < -0.4 is 5.32 Å². The fourth-order valence-corrected chi connectivity index (χ4v) is 1.53. The van der Waals surface area contributed by atoms with E-state index in [4.69, 9.17) is 4.74 Å². The zero-order valence-corrected chi connectivity index (χ0v) is 7.26. The van der Waals surface area contributed by atoms with E-state index in [1.165, 1.54) is 11.3 Å². The van der Waals surface area contributed by atoms with Gasteiger partial charge in [0.25, 0.3) is 5.91 Å². The first-order valence-corrected chi connectivity index (χ1v) is 4.67. The number of hydrogen-bond donors (Lipinski definition) is 1. The zero-order chi connectivity index (χ0) is 8.39. The van der Waals surface area contributed by atoms with Crippen LogP contribution in [-0.4, -0.2) is 25.2 Å². The molecule has 1 atom stereocenters. The standard InChI is InChI=1S/C8H9NO2S/c10-8(7-2-1-3-12-7)9-4-6-5-11-6/h1-3,6H,4-5H2,(H,9,10). The smallest absolute Gasteiger partial charge is 0.261 e. The summed E-state index contributed by atoms with van der Waals surface area (Å²) in [6.07, 6.45) is 0.258. The average molecular weight is 183 g/mol. The van der Waals surface area contributed by atoms with Crippen LogP contribution in [-0.2, 0) is 4.74 Å². The average Bonchev–Trinajstić information content (AvgIpc) is 2.74. The van der Waals surface area contributed by atoms with Gasteiger partial charge in [0.1, 0.15) is 0 Å². The molecule has 3 nitrogen and oxygen atoms in total. The summed E-state index contributed by atoms with van der Waals surface area (Å²) in [7, 11) is 0. The maximum Gasteiger partial charge on any atom is 0.261 e. The highest BCUT2D eigenvalue weighted by Gasteiger charge is 2.22. The second-order valence-electron chi connectivity index (χ2n) is 2.64. The van der Waals surface area contributed by atoms with Gasteiger partial charge in [-0.3, -0.25) is 4.79 Å². The number of hydrogen-bond acceptors (Lipinski definition) is 3. The lowest BCUT2D eigenvalue weighted by Crippen LogP contribution is -2.26. The van der Waals surface area contributed by atoms with Gasteiger partial charge in [-0.25, -0.2) is 0 Å². The third-order valence-corrected chi connectivity index (χ3v) is 2.51. The number of thiophene rings is 1. The molecule has 1 aliphatic heterocycles. The first-order chi connectivity index (χ1) is 5.86. The molecule has 1 amide bonds. The van der Waals surface area contributed by atoms with Crippen LogP contribution in [0, 0.1) is 0 Å². The van der Waals surface area contributed by atoms with Gasteiger partial charge in [0.15, 0.2) is 0 Å². The molecule has 1 aliphatic rings. The monoisotopic (exact) mass is 183 g/mol. The molecule has 1 aromatic heterocycles. The molecule has 1 unspecified atom stereocenters. The van der Waals surface area contributed by atoms with E-state index in [1.807, 2.05) is 17.5 Å². The highest BCUT2D eigenvalue weighted by atomic mass is 32.1. The van der Waals surface area contributed by atoms with Crippen LogP contribution in [0.25, 0.3) is 0 Å². The Labute approximate surface area is 74.4 Å². The van der Waals surface area contributed by atoms with E-state index >= 15 is 0 Å². The summed E-state index contributed by atoms with van der Waals surface area (Å²) in [6, 6.07) is 3.68. The highest BCUT2D eigenvalue weighted by molar-refractivity contribution is 7.12. The Bertz CT molecular complexity index is 267. The number of epoxide rings is 1. The van der Waals surface area contributed by atoms with E-state index in [2.05, 4.69) is 5.32 Å². The fraction of sp³-hybridized carbons (Fsp3) is 0.375. The molecule has 2 rings (SSSR count). The molecule has 2 heterocycles. The van der Waals surface area contributed by atoms with Gasteiger partial charge >= 0.3 is 0 Å². The van der Waals surface area contributed by atoms with Gasteiger partial charge in [0, 0.05) is 6.54 Å². The van der Waals surface area contributed by atoms with Crippen molar-refractivity contribution in [2.75, 3.05) is 13.2 Å². The lowest BCUT2D eigenvalue weighted by atomic mass is 10.4. The number of ether oxygens (including phenoxy) is 1. The minimum Gasteiger partial charge on any atom is -0.371 e. The second kappa shape index (κ2) is 3.25. The van der Waals surface area contributed by atoms with Crippen LogP contribution in [0.5, 0.6) is 0 Å². The first kappa shape index (κ1) is 7.76. The van der Waals surface area contributed by atoms with Gasteiger partial charge < -0.3 is 10.1 Å². The van der Waals surface area contributed by atoms with E-state index in [0.717, 1.165) is 11.5 Å². The van der Waals surface area contributed by atoms with Gasteiger partial charge in [-0.15, -0.1) is 11.3 Å². The Morgan fingerprint density at radius 1 is 1.83 bits per heavy atom. The van der Waals surface area contributed by atoms with Gasteiger partial charge in [0.05, 0.1) is 17.6 Å². The van der Waals surface area contributed by atoms with Crippen molar-refractivity contribution < 1.29 is 9.53 Å². The molecular weight excluding hydrogens is 174 g/mol. The van der Waals surface area contributed by atoms with Crippen molar-refractivity contribution in [3.05, 3.63) is 22.4 Å². The Morgan fingerprint density at radius 2 is 2.67 bits per heavy atom. The van der Waals surface area contributed by atoms with E-state index < -0.39 is 0 Å². The van der Waals surface area contributed by atoms with E-state index in [1.54, 1.807) is 0 Å². The van der Waals surface area contributed by atoms with Crippen molar-refractivity contribution in [2.24, 2.45) is 0 Å². The SMILES string of the molecule is O=C(NCC1CO1)c1cccs1. The molecule has 0 radical (unpaired) electrons. The summed E-state index contributed by atoms with van der Waals surface area (Å²) in [5, 5.41) is 4.68. The normalized spacial score (nSPS) is 20.5. The van der Waals surface area contributed by atoms with Gasteiger partial charge in [-0.1, -0.05) is 6.07 Å². The predicted octanol–water partition coefficient (Wildman–Crippen LogP) is 0.877. The third-order valence-electron chi connectivity index (χ3n) is 1.64. The van der Waals surface area contributed by atoms with E-state index in [-0.39, 0.29) is 12.0 Å². The van der Waals surface area contributed by atoms with Crippen LogP contribution in [0.2, 0.25) is 0 Å². The summed E-state index contributed by atoms with van der Waals surface area (Å²) in [6.45, 7) is 1.42. The van der Waals surface area contributed by atoms with Gasteiger partial charge in [0.2, 0.25) is 0 Å². The second-order valence-corrected chi connectivity index (χ2v) is 3.59. The maximum atomic E-state index is 11.3. The summed E-state index contributed by atoms with van der Waals surface area (Å²) >= 11 is 1.45. The number of carbonyl (C=O) groups excluding carboxylic acids is 1. The van der Waals surface area contributed by atoms with Crippen molar-refractivity contribution in [2.45, 2.75) is 6.10 Å². The molecular formula is C8H9NO2S. The molecule has 1 fully saturated rings. The number of carbonyl (C=O) groups is 1. The zero-order valence-electron chi connectivity index (χ0n) is 6.45. The molecule has 1 N–H and O–H groups in total. The summed E-state index contributed by atoms with van der Waals surface area (Å²) in [5.41, 5.74) is 0. The Hall–Kier alpha value is -0.870. The van der Waals surface area contributed by atoms with Crippen molar-refractivity contribution in [1.29, 1.82) is 0 Å². The molecule has 0 aromatic carbocycles. The summed E-state index contributed by atoms with van der Waals surface area (Å²) in [5.74, 6) is 0.000463. The predicted molar refractivity (Wildman–Crippen MR) is 46.4 cm³/mol. The minimum absolute atomic E-state index is 0.000463. The Morgan fingerprint density at radius 3 is 3.25 bits per heavy atom. The largest absolute Gasteiger partial charge is 0.371 e. The molecule has 0 spiro atoms. The summed E-state index contributed by atoms with van der Waals surface area (Å²) < 4.78 is 4.96.